The quantitative estimate of drug-likeness (QED) is 0.642. The fraction of sp³-hybridized carbons (Fsp3) is 0.821. The molecule has 4 nitrogen and oxygen atoms in total. The molecule has 0 radical (unpaired) electrons. The molecule has 4 fully saturated rings. The van der Waals surface area contributed by atoms with Crippen LogP contribution in [0.2, 0.25) is 0 Å². The van der Waals surface area contributed by atoms with Crippen LogP contribution in [0.15, 0.2) is 23.4 Å². The van der Waals surface area contributed by atoms with Gasteiger partial charge in [-0.25, -0.2) is 0 Å². The van der Waals surface area contributed by atoms with Crippen LogP contribution >= 0.6 is 0 Å². The molecule has 0 aromatic heterocycles. The van der Waals surface area contributed by atoms with Gasteiger partial charge >= 0.3 is 0 Å². The topological polar surface area (TPSA) is 26.8 Å². The van der Waals surface area contributed by atoms with Crippen LogP contribution in [0.25, 0.3) is 0 Å². The molecule has 0 N–H and O–H groups in total. The second kappa shape index (κ2) is 7.70. The van der Waals surface area contributed by atoms with E-state index in [1.165, 1.54) is 51.6 Å². The minimum atomic E-state index is -0.0812. The van der Waals surface area contributed by atoms with Gasteiger partial charge in [0, 0.05) is 50.4 Å². The highest BCUT2D eigenvalue weighted by Gasteiger charge is 2.61. The molecule has 6 aliphatic rings. The van der Waals surface area contributed by atoms with E-state index in [9.17, 15) is 4.79 Å². The number of carbonyl (C=O) groups excluding carboxylic acids is 1. The number of nitrogens with zero attached hydrogens (tertiary/aromatic N) is 3. The van der Waals surface area contributed by atoms with Crippen LogP contribution in [0, 0.1) is 28.6 Å². The second-order valence-electron chi connectivity index (χ2n) is 12.4. The Labute approximate surface area is 195 Å². The maximum absolute atomic E-state index is 13.8. The standard InChI is InChI=1S/C28H43N3O/c1-27-10-8-21(30-12-4-5-13-30)18-20(27)6-7-22-23(27)9-11-28(2)24(22)19-25(26(28)32)31-16-14-29(3)15-17-31/h6,18,22-25H,4-5,7-17,19H2,1-3H3/t22-,23+,24+,25+,27+,28+/m1/s1. The molecule has 2 heterocycles. The number of hydrogen-bond donors (Lipinski definition) is 0. The van der Waals surface area contributed by atoms with Gasteiger partial charge in [0.05, 0.1) is 6.04 Å². The Morgan fingerprint density at radius 2 is 1.69 bits per heavy atom. The zero-order chi connectivity index (χ0) is 22.1. The molecule has 176 valence electrons. The first-order valence-corrected chi connectivity index (χ1v) is 13.5. The van der Waals surface area contributed by atoms with Gasteiger partial charge in [0.25, 0.3) is 0 Å². The third kappa shape index (κ3) is 3.11. The number of likely N-dealkylation sites (tertiary alicyclic amines) is 1. The zero-order valence-electron chi connectivity index (χ0n) is 20.6. The summed E-state index contributed by atoms with van der Waals surface area (Å²) in [7, 11) is 2.21. The Morgan fingerprint density at radius 3 is 2.44 bits per heavy atom. The van der Waals surface area contributed by atoms with Gasteiger partial charge in [-0.15, -0.1) is 0 Å². The average Bonchev–Trinajstić information content (AvgIpc) is 3.41. The lowest BCUT2D eigenvalue weighted by molar-refractivity contribution is -0.135. The average molecular weight is 438 g/mol. The Balaban J connectivity index is 1.26. The molecule has 4 heteroatoms. The van der Waals surface area contributed by atoms with E-state index in [4.69, 9.17) is 0 Å². The van der Waals surface area contributed by atoms with Crippen molar-refractivity contribution in [2.24, 2.45) is 28.6 Å². The minimum Gasteiger partial charge on any atom is -0.375 e. The molecule has 6 atom stereocenters. The number of fused-ring (bicyclic) bond motifs is 5. The molecule has 32 heavy (non-hydrogen) atoms. The van der Waals surface area contributed by atoms with Gasteiger partial charge < -0.3 is 9.80 Å². The fourth-order valence-electron chi connectivity index (χ4n) is 8.80. The van der Waals surface area contributed by atoms with Crippen molar-refractivity contribution in [1.29, 1.82) is 0 Å². The van der Waals surface area contributed by atoms with Crippen LogP contribution in [0.4, 0.5) is 0 Å². The molecule has 2 saturated carbocycles. The van der Waals surface area contributed by atoms with Gasteiger partial charge in [0.2, 0.25) is 0 Å². The fourth-order valence-corrected chi connectivity index (χ4v) is 8.80. The number of hydrogen-bond acceptors (Lipinski definition) is 4. The van der Waals surface area contributed by atoms with E-state index < -0.39 is 0 Å². The van der Waals surface area contributed by atoms with E-state index in [1.54, 1.807) is 11.3 Å². The summed E-state index contributed by atoms with van der Waals surface area (Å²) in [6, 6.07) is 0.184. The van der Waals surface area contributed by atoms with E-state index >= 15 is 0 Å². The van der Waals surface area contributed by atoms with Crippen LogP contribution < -0.4 is 0 Å². The summed E-state index contributed by atoms with van der Waals surface area (Å²) in [5, 5.41) is 0. The van der Waals surface area contributed by atoms with Crippen LogP contribution in [-0.2, 0) is 4.79 Å². The molecule has 0 aromatic carbocycles. The first-order valence-electron chi connectivity index (χ1n) is 13.5. The second-order valence-corrected chi connectivity index (χ2v) is 12.4. The molecule has 0 amide bonds. The van der Waals surface area contributed by atoms with E-state index in [1.807, 2.05) is 0 Å². The highest BCUT2D eigenvalue weighted by Crippen LogP contribution is 2.64. The smallest absolute Gasteiger partial charge is 0.156 e. The predicted molar refractivity (Wildman–Crippen MR) is 129 cm³/mol. The van der Waals surface area contributed by atoms with E-state index in [2.05, 4.69) is 47.7 Å². The van der Waals surface area contributed by atoms with Gasteiger partial charge in [-0.3, -0.25) is 9.69 Å². The number of likely N-dealkylation sites (N-methyl/N-ethyl adjacent to an activating group) is 1. The number of Topliss-reactive ketones (excluding diaryl/α,β-unsaturated/α-hetero) is 1. The molecule has 2 aliphatic heterocycles. The van der Waals surface area contributed by atoms with Gasteiger partial charge in [-0.05, 0) is 93.2 Å². The number of carbonyl (C=O) groups is 1. The Bertz CT molecular complexity index is 834. The molecule has 6 rings (SSSR count). The number of piperazine rings is 1. The highest BCUT2D eigenvalue weighted by molar-refractivity contribution is 5.92. The van der Waals surface area contributed by atoms with Crippen molar-refractivity contribution in [2.75, 3.05) is 46.3 Å². The zero-order valence-corrected chi connectivity index (χ0v) is 20.6. The SMILES string of the molecule is CN1CCN([C@H]2C[C@H]3[C@@H]4CC=C5C=C(N6CCCC6)CC[C@]5(C)[C@H]4CC[C@]3(C)C2=O)CC1. The van der Waals surface area contributed by atoms with Crippen molar-refractivity contribution in [2.45, 2.75) is 71.3 Å². The number of allylic oxidation sites excluding steroid dienone is 4. The summed E-state index contributed by atoms with van der Waals surface area (Å²) < 4.78 is 0. The van der Waals surface area contributed by atoms with Crippen LogP contribution in [0.5, 0.6) is 0 Å². The summed E-state index contributed by atoms with van der Waals surface area (Å²) >= 11 is 0. The molecular weight excluding hydrogens is 394 g/mol. The van der Waals surface area contributed by atoms with E-state index in [-0.39, 0.29) is 11.5 Å². The highest BCUT2D eigenvalue weighted by atomic mass is 16.1. The van der Waals surface area contributed by atoms with Crippen LogP contribution in [0.1, 0.15) is 65.2 Å². The summed E-state index contributed by atoms with van der Waals surface area (Å²) in [6.07, 6.45) is 15.2. The molecular formula is C28H43N3O. The van der Waals surface area contributed by atoms with Crippen molar-refractivity contribution < 1.29 is 4.79 Å². The first-order chi connectivity index (χ1) is 15.4. The number of ketones is 1. The summed E-state index contributed by atoms with van der Waals surface area (Å²) in [5.41, 5.74) is 3.48. The Morgan fingerprint density at radius 1 is 0.938 bits per heavy atom. The summed E-state index contributed by atoms with van der Waals surface area (Å²) in [6.45, 7) is 11.8. The molecule has 4 aliphatic carbocycles. The molecule has 0 spiro atoms. The molecule has 0 bridgehead atoms. The lowest BCUT2D eigenvalue weighted by Crippen LogP contribution is -2.52. The largest absolute Gasteiger partial charge is 0.375 e. The van der Waals surface area contributed by atoms with Crippen molar-refractivity contribution >= 4 is 5.78 Å². The van der Waals surface area contributed by atoms with Gasteiger partial charge in [-0.1, -0.05) is 19.9 Å². The minimum absolute atomic E-state index is 0.0812. The van der Waals surface area contributed by atoms with Crippen LogP contribution in [0.3, 0.4) is 0 Å². The molecule has 2 saturated heterocycles. The van der Waals surface area contributed by atoms with Crippen molar-refractivity contribution in [1.82, 2.24) is 14.7 Å². The van der Waals surface area contributed by atoms with E-state index in [0.29, 0.717) is 23.0 Å². The third-order valence-electron chi connectivity index (χ3n) is 11.0. The normalized spacial score (nSPS) is 45.2. The van der Waals surface area contributed by atoms with Gasteiger partial charge in [0.1, 0.15) is 0 Å². The lowest BCUT2D eigenvalue weighted by Gasteiger charge is -2.56. The Kier molecular flexibility index (Phi) is 5.15. The van der Waals surface area contributed by atoms with Crippen molar-refractivity contribution in [3.05, 3.63) is 23.4 Å². The Hall–Kier alpha value is -1.13. The first kappa shape index (κ1) is 21.4. The maximum atomic E-state index is 13.8. The monoisotopic (exact) mass is 437 g/mol. The van der Waals surface area contributed by atoms with Crippen LogP contribution in [-0.4, -0.2) is 72.8 Å². The van der Waals surface area contributed by atoms with Crippen molar-refractivity contribution in [3.8, 4) is 0 Å². The summed E-state index contributed by atoms with van der Waals surface area (Å²) in [4.78, 5) is 21.4. The van der Waals surface area contributed by atoms with Gasteiger partial charge in [0.15, 0.2) is 5.78 Å². The maximum Gasteiger partial charge on any atom is 0.156 e. The lowest BCUT2D eigenvalue weighted by atomic mass is 9.49. The number of rotatable bonds is 2. The molecule has 0 unspecified atom stereocenters. The predicted octanol–water partition coefficient (Wildman–Crippen LogP) is 4.33. The summed E-state index contributed by atoms with van der Waals surface area (Å²) in [5.74, 6) is 2.63. The third-order valence-corrected chi connectivity index (χ3v) is 11.0. The molecule has 0 aromatic rings. The van der Waals surface area contributed by atoms with E-state index in [0.717, 1.165) is 44.9 Å². The van der Waals surface area contributed by atoms with Crippen molar-refractivity contribution in [3.63, 3.8) is 0 Å². The van der Waals surface area contributed by atoms with Gasteiger partial charge in [-0.2, -0.15) is 0 Å².